The van der Waals surface area contributed by atoms with Crippen LogP contribution in [0.2, 0.25) is 0 Å². The molecule has 0 saturated carbocycles. The van der Waals surface area contributed by atoms with Crippen LogP contribution in [0.1, 0.15) is 25.5 Å². The molecule has 0 fully saturated rings. The summed E-state index contributed by atoms with van der Waals surface area (Å²) in [5.74, 6) is 2.05. The summed E-state index contributed by atoms with van der Waals surface area (Å²) in [4.78, 5) is 21.8. The van der Waals surface area contributed by atoms with E-state index in [1.807, 2.05) is 22.8 Å². The van der Waals surface area contributed by atoms with Gasteiger partial charge in [-0.3, -0.25) is 4.57 Å². The Morgan fingerprint density at radius 1 is 1.00 bits per heavy atom. The monoisotopic (exact) mass is 360 g/mol. The van der Waals surface area contributed by atoms with Crippen LogP contribution < -0.4 is 10.6 Å². The highest BCUT2D eigenvalue weighted by molar-refractivity contribution is 5.85. The summed E-state index contributed by atoms with van der Waals surface area (Å²) < 4.78 is 2.03. The molecule has 2 N–H and O–H groups in total. The molecular formula is C19H20N8. The number of fused-ring (bicyclic) bond motifs is 1. The van der Waals surface area contributed by atoms with Crippen molar-refractivity contribution in [2.45, 2.75) is 26.4 Å². The van der Waals surface area contributed by atoms with Crippen LogP contribution in [-0.4, -0.2) is 29.5 Å². The summed E-state index contributed by atoms with van der Waals surface area (Å²) in [6.45, 7) is 4.84. The Hall–Kier alpha value is -3.55. The molecule has 8 heteroatoms. The van der Waals surface area contributed by atoms with Crippen molar-refractivity contribution in [1.29, 1.82) is 0 Å². The molecule has 3 aromatic heterocycles. The summed E-state index contributed by atoms with van der Waals surface area (Å²) in [6, 6.07) is 12.1. The maximum Gasteiger partial charge on any atom is 0.211 e. The number of nitrogens with one attached hydrogen (secondary N) is 2. The first-order valence-corrected chi connectivity index (χ1v) is 8.76. The van der Waals surface area contributed by atoms with Crippen LogP contribution in [0, 0.1) is 0 Å². The molecule has 0 radical (unpaired) electrons. The van der Waals surface area contributed by atoms with E-state index in [1.165, 1.54) is 11.9 Å². The minimum Gasteiger partial charge on any atom is -0.364 e. The number of anilines is 3. The molecule has 8 nitrogen and oxygen atoms in total. The van der Waals surface area contributed by atoms with E-state index in [0.29, 0.717) is 24.1 Å². The van der Waals surface area contributed by atoms with Gasteiger partial charge in [-0.2, -0.15) is 0 Å². The standard InChI is InChI=1S/C19H20N8/c1-13(2)27-18-16(26-19(27)25-15-8-9-20-11-22-15)17(23-12-24-18)21-10-14-6-4-3-5-7-14/h3-9,11-13H,10H2,1-2H3,(H,21,23,24)(H,20,22,25,26). The van der Waals surface area contributed by atoms with E-state index in [9.17, 15) is 0 Å². The average molecular weight is 360 g/mol. The van der Waals surface area contributed by atoms with E-state index < -0.39 is 0 Å². The molecule has 0 amide bonds. The molecule has 3 heterocycles. The van der Waals surface area contributed by atoms with Crippen molar-refractivity contribution < 1.29 is 0 Å². The van der Waals surface area contributed by atoms with E-state index in [0.717, 1.165) is 11.2 Å². The summed E-state index contributed by atoms with van der Waals surface area (Å²) >= 11 is 0. The Morgan fingerprint density at radius 3 is 2.59 bits per heavy atom. The van der Waals surface area contributed by atoms with Gasteiger partial charge in [-0.05, 0) is 25.5 Å². The smallest absolute Gasteiger partial charge is 0.211 e. The van der Waals surface area contributed by atoms with Crippen molar-refractivity contribution in [1.82, 2.24) is 29.5 Å². The van der Waals surface area contributed by atoms with Crippen molar-refractivity contribution in [3.05, 3.63) is 60.8 Å². The summed E-state index contributed by atoms with van der Waals surface area (Å²) in [6.07, 6.45) is 4.74. The van der Waals surface area contributed by atoms with E-state index >= 15 is 0 Å². The fourth-order valence-electron chi connectivity index (χ4n) is 2.88. The summed E-state index contributed by atoms with van der Waals surface area (Å²) in [5.41, 5.74) is 2.66. The van der Waals surface area contributed by atoms with Gasteiger partial charge in [0, 0.05) is 18.8 Å². The van der Waals surface area contributed by atoms with Gasteiger partial charge in [0.2, 0.25) is 5.95 Å². The minimum atomic E-state index is 0.163. The number of hydrogen-bond donors (Lipinski definition) is 2. The molecule has 4 aromatic rings. The first-order valence-electron chi connectivity index (χ1n) is 8.76. The second-order valence-corrected chi connectivity index (χ2v) is 6.35. The van der Waals surface area contributed by atoms with Gasteiger partial charge in [-0.1, -0.05) is 30.3 Å². The van der Waals surface area contributed by atoms with Crippen LogP contribution in [0.25, 0.3) is 11.2 Å². The zero-order valence-electron chi connectivity index (χ0n) is 15.2. The Kier molecular flexibility index (Phi) is 4.61. The zero-order chi connectivity index (χ0) is 18.6. The topological polar surface area (TPSA) is 93.4 Å². The molecule has 0 atom stereocenters. The third kappa shape index (κ3) is 3.55. The second-order valence-electron chi connectivity index (χ2n) is 6.35. The van der Waals surface area contributed by atoms with Crippen LogP contribution in [0.15, 0.2) is 55.2 Å². The molecule has 0 unspecified atom stereocenters. The van der Waals surface area contributed by atoms with Crippen LogP contribution in [-0.2, 0) is 6.54 Å². The fraction of sp³-hybridized carbons (Fsp3) is 0.211. The minimum absolute atomic E-state index is 0.163. The van der Waals surface area contributed by atoms with Crippen LogP contribution in [0.3, 0.4) is 0 Å². The number of imidazole rings is 1. The van der Waals surface area contributed by atoms with Gasteiger partial charge < -0.3 is 10.6 Å². The summed E-state index contributed by atoms with van der Waals surface area (Å²) in [5, 5.41) is 6.62. The Balaban J connectivity index is 1.70. The number of nitrogens with zero attached hydrogens (tertiary/aromatic N) is 6. The third-order valence-electron chi connectivity index (χ3n) is 4.12. The first-order chi connectivity index (χ1) is 13.2. The number of benzene rings is 1. The lowest BCUT2D eigenvalue weighted by atomic mass is 10.2. The third-order valence-corrected chi connectivity index (χ3v) is 4.12. The predicted octanol–water partition coefficient (Wildman–Crippen LogP) is 3.55. The van der Waals surface area contributed by atoms with Gasteiger partial charge in [-0.25, -0.2) is 24.9 Å². The van der Waals surface area contributed by atoms with Crippen LogP contribution in [0.4, 0.5) is 17.6 Å². The lowest BCUT2D eigenvalue weighted by molar-refractivity contribution is 0.620. The SMILES string of the molecule is CC(C)n1c(Nc2ccncn2)nc2c(NCc3ccccc3)ncnc21. The van der Waals surface area contributed by atoms with Gasteiger partial charge in [-0.15, -0.1) is 0 Å². The van der Waals surface area contributed by atoms with Crippen LogP contribution >= 0.6 is 0 Å². The number of rotatable bonds is 6. The molecule has 0 saturated heterocycles. The van der Waals surface area contributed by atoms with Crippen molar-refractivity contribution >= 4 is 28.7 Å². The lowest BCUT2D eigenvalue weighted by Crippen LogP contribution is -2.07. The van der Waals surface area contributed by atoms with Crippen molar-refractivity contribution in [3.63, 3.8) is 0 Å². The van der Waals surface area contributed by atoms with E-state index in [-0.39, 0.29) is 6.04 Å². The number of aromatic nitrogens is 6. The fourth-order valence-corrected chi connectivity index (χ4v) is 2.88. The first kappa shape index (κ1) is 16.9. The molecule has 0 bridgehead atoms. The lowest BCUT2D eigenvalue weighted by Gasteiger charge is -2.12. The predicted molar refractivity (Wildman–Crippen MR) is 105 cm³/mol. The maximum absolute atomic E-state index is 4.75. The Labute approximate surface area is 156 Å². The largest absolute Gasteiger partial charge is 0.364 e. The van der Waals surface area contributed by atoms with E-state index in [4.69, 9.17) is 4.98 Å². The molecule has 4 rings (SSSR count). The molecular weight excluding hydrogens is 340 g/mol. The quantitative estimate of drug-likeness (QED) is 0.543. The highest BCUT2D eigenvalue weighted by Gasteiger charge is 2.18. The molecule has 0 spiro atoms. The highest BCUT2D eigenvalue weighted by Crippen LogP contribution is 2.28. The Morgan fingerprint density at radius 2 is 1.85 bits per heavy atom. The maximum atomic E-state index is 4.75. The number of hydrogen-bond acceptors (Lipinski definition) is 7. The zero-order valence-corrected chi connectivity index (χ0v) is 15.2. The van der Waals surface area contributed by atoms with Gasteiger partial charge in [0.15, 0.2) is 17.0 Å². The summed E-state index contributed by atoms with van der Waals surface area (Å²) in [7, 11) is 0. The molecule has 0 aliphatic carbocycles. The van der Waals surface area contributed by atoms with Crippen LogP contribution in [0.5, 0.6) is 0 Å². The Bertz CT molecular complexity index is 1030. The normalized spacial score (nSPS) is 11.1. The highest BCUT2D eigenvalue weighted by atomic mass is 15.3. The molecule has 1 aromatic carbocycles. The van der Waals surface area contributed by atoms with E-state index in [2.05, 4.69) is 56.5 Å². The van der Waals surface area contributed by atoms with Crippen molar-refractivity contribution in [3.8, 4) is 0 Å². The molecule has 0 aliphatic rings. The van der Waals surface area contributed by atoms with Crippen molar-refractivity contribution in [2.75, 3.05) is 10.6 Å². The van der Waals surface area contributed by atoms with Crippen molar-refractivity contribution in [2.24, 2.45) is 0 Å². The second kappa shape index (κ2) is 7.36. The average Bonchev–Trinajstić information content (AvgIpc) is 3.06. The van der Waals surface area contributed by atoms with E-state index in [1.54, 1.807) is 18.6 Å². The molecule has 136 valence electrons. The molecule has 0 aliphatic heterocycles. The van der Waals surface area contributed by atoms with Gasteiger partial charge in [0.05, 0.1) is 0 Å². The molecule has 27 heavy (non-hydrogen) atoms. The van der Waals surface area contributed by atoms with Gasteiger partial charge >= 0.3 is 0 Å². The van der Waals surface area contributed by atoms with Gasteiger partial charge in [0.1, 0.15) is 18.5 Å². The van der Waals surface area contributed by atoms with Gasteiger partial charge in [0.25, 0.3) is 0 Å².